The summed E-state index contributed by atoms with van der Waals surface area (Å²) in [6, 6.07) is 11.4. The van der Waals surface area contributed by atoms with Gasteiger partial charge in [-0.1, -0.05) is 12.1 Å². The number of aryl methyl sites for hydroxylation is 1. The maximum absolute atomic E-state index is 9.52. The quantitative estimate of drug-likeness (QED) is 0.658. The first-order valence-corrected chi connectivity index (χ1v) is 7.47. The standard InChI is InChI=1S/C17H24N4O/c1-4-18-17(19-12-14-7-5-9-16(22)11-14)21(3)13-15-8-6-10-20(15)2/h5-11,22H,4,12-13H2,1-3H3,(H,18,19). The fraction of sp³-hybridized carbons (Fsp3) is 0.353. The number of nitrogens with one attached hydrogen (secondary N) is 1. The molecule has 0 radical (unpaired) electrons. The smallest absolute Gasteiger partial charge is 0.194 e. The number of aromatic nitrogens is 1. The summed E-state index contributed by atoms with van der Waals surface area (Å²) in [5, 5.41) is 12.8. The van der Waals surface area contributed by atoms with E-state index in [0.29, 0.717) is 6.54 Å². The number of phenols is 1. The van der Waals surface area contributed by atoms with Gasteiger partial charge in [0.05, 0.1) is 13.1 Å². The summed E-state index contributed by atoms with van der Waals surface area (Å²) >= 11 is 0. The zero-order chi connectivity index (χ0) is 15.9. The van der Waals surface area contributed by atoms with E-state index < -0.39 is 0 Å². The number of benzene rings is 1. The van der Waals surface area contributed by atoms with Crippen molar-refractivity contribution in [2.24, 2.45) is 12.0 Å². The lowest BCUT2D eigenvalue weighted by atomic mass is 10.2. The van der Waals surface area contributed by atoms with Crippen LogP contribution in [-0.2, 0) is 20.1 Å². The monoisotopic (exact) mass is 300 g/mol. The average molecular weight is 300 g/mol. The van der Waals surface area contributed by atoms with Crippen LogP contribution in [0.15, 0.2) is 47.6 Å². The molecule has 0 fully saturated rings. The zero-order valence-electron chi connectivity index (χ0n) is 13.5. The van der Waals surface area contributed by atoms with E-state index in [-0.39, 0.29) is 5.75 Å². The van der Waals surface area contributed by atoms with Crippen LogP contribution in [-0.4, -0.2) is 34.1 Å². The van der Waals surface area contributed by atoms with Crippen LogP contribution in [0, 0.1) is 0 Å². The second kappa shape index (κ2) is 7.54. The predicted octanol–water partition coefficient (Wildman–Crippen LogP) is 2.33. The van der Waals surface area contributed by atoms with Crippen LogP contribution in [0.5, 0.6) is 5.75 Å². The minimum atomic E-state index is 0.273. The molecule has 1 aromatic heterocycles. The van der Waals surface area contributed by atoms with Crippen molar-refractivity contribution in [1.29, 1.82) is 0 Å². The van der Waals surface area contributed by atoms with Gasteiger partial charge in [0.25, 0.3) is 0 Å². The number of rotatable bonds is 5. The Hall–Kier alpha value is -2.43. The third kappa shape index (κ3) is 4.28. The number of guanidine groups is 1. The van der Waals surface area contributed by atoms with Gasteiger partial charge in [-0.25, -0.2) is 4.99 Å². The van der Waals surface area contributed by atoms with Crippen LogP contribution >= 0.6 is 0 Å². The molecule has 5 heteroatoms. The Bertz CT molecular complexity index is 633. The van der Waals surface area contributed by atoms with Crippen LogP contribution in [0.4, 0.5) is 0 Å². The Morgan fingerprint density at radius 3 is 2.77 bits per heavy atom. The molecule has 22 heavy (non-hydrogen) atoms. The fourth-order valence-electron chi connectivity index (χ4n) is 2.27. The molecule has 1 heterocycles. The van der Waals surface area contributed by atoms with Crippen molar-refractivity contribution in [1.82, 2.24) is 14.8 Å². The van der Waals surface area contributed by atoms with E-state index in [4.69, 9.17) is 0 Å². The lowest BCUT2D eigenvalue weighted by molar-refractivity contribution is 0.461. The normalized spacial score (nSPS) is 11.5. The highest BCUT2D eigenvalue weighted by atomic mass is 16.3. The third-order valence-electron chi connectivity index (χ3n) is 3.47. The minimum Gasteiger partial charge on any atom is -0.508 e. The van der Waals surface area contributed by atoms with Gasteiger partial charge in [0.1, 0.15) is 5.75 Å². The molecule has 0 spiro atoms. The van der Waals surface area contributed by atoms with Crippen LogP contribution in [0.2, 0.25) is 0 Å². The van der Waals surface area contributed by atoms with Crippen molar-refractivity contribution in [2.75, 3.05) is 13.6 Å². The van der Waals surface area contributed by atoms with Crippen LogP contribution in [0.1, 0.15) is 18.2 Å². The van der Waals surface area contributed by atoms with Crippen molar-refractivity contribution in [3.05, 3.63) is 53.9 Å². The molecule has 2 rings (SSSR count). The molecule has 0 amide bonds. The summed E-state index contributed by atoms with van der Waals surface area (Å²) in [5.74, 6) is 1.13. The molecule has 0 atom stereocenters. The van der Waals surface area contributed by atoms with Gasteiger partial charge in [0.2, 0.25) is 0 Å². The first-order chi connectivity index (χ1) is 10.6. The molecule has 0 bridgehead atoms. The van der Waals surface area contributed by atoms with Crippen molar-refractivity contribution >= 4 is 5.96 Å². The van der Waals surface area contributed by atoms with Crippen molar-refractivity contribution < 1.29 is 5.11 Å². The Labute approximate surface area is 131 Å². The zero-order valence-corrected chi connectivity index (χ0v) is 13.5. The maximum atomic E-state index is 9.52. The molecule has 1 aromatic carbocycles. The van der Waals surface area contributed by atoms with Crippen molar-refractivity contribution in [3.8, 4) is 5.75 Å². The van der Waals surface area contributed by atoms with E-state index >= 15 is 0 Å². The summed E-state index contributed by atoms with van der Waals surface area (Å²) < 4.78 is 2.11. The lowest BCUT2D eigenvalue weighted by Crippen LogP contribution is -2.38. The van der Waals surface area contributed by atoms with E-state index in [9.17, 15) is 5.11 Å². The first kappa shape index (κ1) is 15.9. The molecule has 0 saturated heterocycles. The van der Waals surface area contributed by atoms with Crippen LogP contribution < -0.4 is 5.32 Å². The molecular weight excluding hydrogens is 276 g/mol. The number of nitrogens with zero attached hydrogens (tertiary/aromatic N) is 3. The summed E-state index contributed by atoms with van der Waals surface area (Å²) in [5.41, 5.74) is 2.22. The fourth-order valence-corrected chi connectivity index (χ4v) is 2.27. The van der Waals surface area contributed by atoms with Crippen LogP contribution in [0.25, 0.3) is 0 Å². The second-order valence-electron chi connectivity index (χ2n) is 5.31. The molecule has 0 saturated carbocycles. The highest BCUT2D eigenvalue weighted by molar-refractivity contribution is 5.79. The molecule has 0 aliphatic heterocycles. The van der Waals surface area contributed by atoms with Gasteiger partial charge in [-0.2, -0.15) is 0 Å². The maximum Gasteiger partial charge on any atom is 0.194 e. The Morgan fingerprint density at radius 2 is 2.14 bits per heavy atom. The molecule has 0 aliphatic carbocycles. The molecular formula is C17H24N4O. The third-order valence-corrected chi connectivity index (χ3v) is 3.47. The molecule has 0 unspecified atom stereocenters. The van der Waals surface area contributed by atoms with Crippen molar-refractivity contribution in [2.45, 2.75) is 20.0 Å². The number of hydrogen-bond donors (Lipinski definition) is 2. The number of aromatic hydroxyl groups is 1. The SMILES string of the molecule is CCNC(=NCc1cccc(O)c1)N(C)Cc1cccn1C. The molecule has 2 N–H and O–H groups in total. The molecule has 118 valence electrons. The topological polar surface area (TPSA) is 52.8 Å². The Balaban J connectivity index is 2.07. The molecule has 5 nitrogen and oxygen atoms in total. The van der Waals surface area contributed by atoms with E-state index in [2.05, 4.69) is 32.8 Å². The lowest BCUT2D eigenvalue weighted by Gasteiger charge is -2.22. The molecule has 0 aliphatic rings. The van der Waals surface area contributed by atoms with Crippen LogP contribution in [0.3, 0.4) is 0 Å². The van der Waals surface area contributed by atoms with Gasteiger partial charge in [-0.3, -0.25) is 0 Å². The number of aliphatic imine (C=N–C) groups is 1. The Kier molecular flexibility index (Phi) is 5.47. The highest BCUT2D eigenvalue weighted by Crippen LogP contribution is 2.12. The average Bonchev–Trinajstić information content (AvgIpc) is 2.88. The highest BCUT2D eigenvalue weighted by Gasteiger charge is 2.08. The Morgan fingerprint density at radius 1 is 1.32 bits per heavy atom. The van der Waals surface area contributed by atoms with E-state index in [1.807, 2.05) is 38.5 Å². The largest absolute Gasteiger partial charge is 0.508 e. The van der Waals surface area contributed by atoms with E-state index in [1.54, 1.807) is 12.1 Å². The summed E-state index contributed by atoms with van der Waals surface area (Å²) in [6.07, 6.45) is 2.04. The van der Waals surface area contributed by atoms with E-state index in [1.165, 1.54) is 5.69 Å². The van der Waals surface area contributed by atoms with Crippen molar-refractivity contribution in [3.63, 3.8) is 0 Å². The van der Waals surface area contributed by atoms with Gasteiger partial charge in [0, 0.05) is 32.5 Å². The summed E-state index contributed by atoms with van der Waals surface area (Å²) in [4.78, 5) is 6.74. The number of hydrogen-bond acceptors (Lipinski definition) is 2. The van der Waals surface area contributed by atoms with Gasteiger partial charge in [0.15, 0.2) is 5.96 Å². The van der Waals surface area contributed by atoms with Gasteiger partial charge >= 0.3 is 0 Å². The van der Waals surface area contributed by atoms with Gasteiger partial charge in [-0.15, -0.1) is 0 Å². The second-order valence-corrected chi connectivity index (χ2v) is 5.31. The molecule has 2 aromatic rings. The minimum absolute atomic E-state index is 0.273. The predicted molar refractivity (Wildman–Crippen MR) is 89.8 cm³/mol. The summed E-state index contributed by atoms with van der Waals surface area (Å²) in [6.45, 7) is 4.19. The summed E-state index contributed by atoms with van der Waals surface area (Å²) in [7, 11) is 4.07. The van der Waals surface area contributed by atoms with Gasteiger partial charge in [-0.05, 0) is 36.8 Å². The van der Waals surface area contributed by atoms with E-state index in [0.717, 1.165) is 24.6 Å². The van der Waals surface area contributed by atoms with Gasteiger partial charge < -0.3 is 19.9 Å². The number of phenolic OH excluding ortho intramolecular Hbond substituents is 1. The first-order valence-electron chi connectivity index (χ1n) is 7.47.